The van der Waals surface area contributed by atoms with Crippen LogP contribution >= 0.6 is 0 Å². The minimum Gasteiger partial charge on any atom is -0.508 e. The van der Waals surface area contributed by atoms with Gasteiger partial charge in [0, 0.05) is 23.2 Å². The van der Waals surface area contributed by atoms with Crippen molar-refractivity contribution in [3.05, 3.63) is 47.8 Å². The second kappa shape index (κ2) is 6.57. The normalized spacial score (nSPS) is 11.0. The number of carbonyl (C=O) groups excluding carboxylic acids is 1. The number of rotatable bonds is 5. The van der Waals surface area contributed by atoms with Gasteiger partial charge in [0.1, 0.15) is 11.5 Å². The molecule has 124 valence electrons. The number of phenols is 1. The van der Waals surface area contributed by atoms with Gasteiger partial charge in [0.2, 0.25) is 0 Å². The minimum atomic E-state index is -0.314. The maximum absolute atomic E-state index is 12.3. The van der Waals surface area contributed by atoms with Crippen LogP contribution in [0.5, 0.6) is 11.5 Å². The second-order valence-corrected chi connectivity index (χ2v) is 5.64. The largest absolute Gasteiger partial charge is 0.508 e. The molecule has 0 radical (unpaired) electrons. The van der Waals surface area contributed by atoms with E-state index in [0.29, 0.717) is 17.0 Å². The molecule has 0 fully saturated rings. The van der Waals surface area contributed by atoms with Crippen molar-refractivity contribution in [1.29, 1.82) is 0 Å². The van der Waals surface area contributed by atoms with Gasteiger partial charge in [0.25, 0.3) is 5.91 Å². The predicted octanol–water partition coefficient (Wildman–Crippen LogP) is 2.38. The molecular formula is C17H18N4O3. The molecule has 0 saturated carbocycles. The summed E-state index contributed by atoms with van der Waals surface area (Å²) >= 11 is 0. The Labute approximate surface area is 138 Å². The van der Waals surface area contributed by atoms with Crippen molar-refractivity contribution < 1.29 is 14.6 Å². The Morgan fingerprint density at radius 1 is 1.38 bits per heavy atom. The number of aromatic hydroxyl groups is 1. The molecule has 7 heteroatoms. The minimum absolute atomic E-state index is 0.0190. The zero-order chi connectivity index (χ0) is 17.1. The van der Waals surface area contributed by atoms with E-state index in [2.05, 4.69) is 20.5 Å². The molecular weight excluding hydrogens is 308 g/mol. The summed E-state index contributed by atoms with van der Waals surface area (Å²) < 4.78 is 5.53. The first-order valence-corrected chi connectivity index (χ1v) is 7.60. The number of aromatic amines is 1. The van der Waals surface area contributed by atoms with Crippen LogP contribution in [-0.2, 0) is 6.54 Å². The summed E-state index contributed by atoms with van der Waals surface area (Å²) in [5.74, 6) is 0.118. The summed E-state index contributed by atoms with van der Waals surface area (Å²) in [5, 5.41) is 20.4. The molecule has 2 heterocycles. The Hall–Kier alpha value is -3.09. The van der Waals surface area contributed by atoms with Crippen molar-refractivity contribution in [2.45, 2.75) is 26.5 Å². The third-order valence-electron chi connectivity index (χ3n) is 3.36. The van der Waals surface area contributed by atoms with Gasteiger partial charge in [-0.1, -0.05) is 0 Å². The van der Waals surface area contributed by atoms with Gasteiger partial charge in [0.05, 0.1) is 18.3 Å². The first-order chi connectivity index (χ1) is 11.5. The Morgan fingerprint density at radius 3 is 3.00 bits per heavy atom. The Kier molecular flexibility index (Phi) is 4.33. The summed E-state index contributed by atoms with van der Waals surface area (Å²) in [6.07, 6.45) is 1.61. The molecule has 0 aliphatic carbocycles. The number of carbonyl (C=O) groups is 1. The van der Waals surface area contributed by atoms with Gasteiger partial charge in [-0.05, 0) is 38.1 Å². The molecule has 0 saturated heterocycles. The second-order valence-electron chi connectivity index (χ2n) is 5.64. The summed E-state index contributed by atoms with van der Waals surface area (Å²) in [6.45, 7) is 4.03. The fourth-order valence-corrected chi connectivity index (χ4v) is 2.36. The average molecular weight is 326 g/mol. The lowest BCUT2D eigenvalue weighted by atomic mass is 10.2. The van der Waals surface area contributed by atoms with Crippen molar-refractivity contribution in [2.24, 2.45) is 0 Å². The predicted molar refractivity (Wildman–Crippen MR) is 88.9 cm³/mol. The molecule has 7 nitrogen and oxygen atoms in total. The molecule has 2 aromatic heterocycles. The average Bonchev–Trinajstić information content (AvgIpc) is 2.94. The van der Waals surface area contributed by atoms with Crippen LogP contribution in [0.25, 0.3) is 11.0 Å². The maximum atomic E-state index is 12.3. The van der Waals surface area contributed by atoms with Crippen LogP contribution in [0.1, 0.15) is 29.9 Å². The zero-order valence-electron chi connectivity index (χ0n) is 13.4. The van der Waals surface area contributed by atoms with Gasteiger partial charge >= 0.3 is 0 Å². The summed E-state index contributed by atoms with van der Waals surface area (Å²) in [5.41, 5.74) is 1.70. The molecule has 1 amide bonds. The van der Waals surface area contributed by atoms with Crippen LogP contribution in [0, 0.1) is 0 Å². The van der Waals surface area contributed by atoms with E-state index in [1.165, 1.54) is 12.1 Å². The highest BCUT2D eigenvalue weighted by atomic mass is 16.5. The molecule has 24 heavy (non-hydrogen) atoms. The van der Waals surface area contributed by atoms with Crippen molar-refractivity contribution in [3.63, 3.8) is 0 Å². The fraction of sp³-hybridized carbons (Fsp3) is 0.235. The van der Waals surface area contributed by atoms with E-state index >= 15 is 0 Å². The molecule has 3 N–H and O–H groups in total. The summed E-state index contributed by atoms with van der Waals surface area (Å²) in [4.78, 5) is 16.5. The molecule has 0 spiro atoms. The maximum Gasteiger partial charge on any atom is 0.251 e. The van der Waals surface area contributed by atoms with E-state index in [-0.39, 0.29) is 24.3 Å². The van der Waals surface area contributed by atoms with Gasteiger partial charge < -0.3 is 15.2 Å². The topological polar surface area (TPSA) is 100 Å². The number of aromatic nitrogens is 3. The first-order valence-electron chi connectivity index (χ1n) is 7.60. The lowest BCUT2D eigenvalue weighted by molar-refractivity contribution is 0.0949. The van der Waals surface area contributed by atoms with Crippen molar-refractivity contribution in [3.8, 4) is 11.5 Å². The van der Waals surface area contributed by atoms with Gasteiger partial charge in [-0.25, -0.2) is 4.98 Å². The number of amides is 1. The van der Waals surface area contributed by atoms with Crippen molar-refractivity contribution >= 4 is 16.9 Å². The molecule has 0 bridgehead atoms. The number of nitrogens with zero attached hydrogens (tertiary/aromatic N) is 2. The number of fused-ring (bicyclic) bond motifs is 1. The summed E-state index contributed by atoms with van der Waals surface area (Å²) in [6, 6.07) is 8.17. The van der Waals surface area contributed by atoms with Crippen LogP contribution in [0.15, 0.2) is 36.5 Å². The monoisotopic (exact) mass is 326 g/mol. The Bertz CT molecular complexity index is 873. The number of hydrogen-bond acceptors (Lipinski definition) is 5. The molecule has 1 aromatic carbocycles. The molecule has 0 atom stereocenters. The first kappa shape index (κ1) is 15.8. The molecule has 0 unspecified atom stereocenters. The van der Waals surface area contributed by atoms with Crippen LogP contribution in [-0.4, -0.2) is 32.3 Å². The van der Waals surface area contributed by atoms with Crippen LogP contribution in [0.2, 0.25) is 0 Å². The van der Waals surface area contributed by atoms with E-state index < -0.39 is 0 Å². The van der Waals surface area contributed by atoms with E-state index in [0.717, 1.165) is 11.1 Å². The van der Waals surface area contributed by atoms with Gasteiger partial charge in [0.15, 0.2) is 5.65 Å². The number of H-pyrrole nitrogens is 1. The van der Waals surface area contributed by atoms with Crippen molar-refractivity contribution in [2.75, 3.05) is 0 Å². The molecule has 0 aliphatic rings. The third kappa shape index (κ3) is 3.45. The standard InChI is InChI=1S/C17H18N4O3/c1-10(2)24-13-7-11(6-12(22)8-13)17(23)19-9-15-14-4-3-5-18-16(14)21-20-15/h3-8,10,22H,9H2,1-2H3,(H,19,23)(H,18,20,21). The lowest BCUT2D eigenvalue weighted by Crippen LogP contribution is -2.23. The number of phenolic OH excluding ortho intramolecular Hbond substituents is 1. The van der Waals surface area contributed by atoms with Gasteiger partial charge in [-0.2, -0.15) is 5.10 Å². The highest BCUT2D eigenvalue weighted by Gasteiger charge is 2.12. The SMILES string of the molecule is CC(C)Oc1cc(O)cc(C(=O)NCc2[nH]nc3ncccc23)c1. The molecule has 0 aliphatic heterocycles. The smallest absolute Gasteiger partial charge is 0.251 e. The fourth-order valence-electron chi connectivity index (χ4n) is 2.36. The number of benzene rings is 1. The third-order valence-corrected chi connectivity index (χ3v) is 3.36. The van der Waals surface area contributed by atoms with Crippen LogP contribution < -0.4 is 10.1 Å². The lowest BCUT2D eigenvalue weighted by Gasteiger charge is -2.12. The summed E-state index contributed by atoms with van der Waals surface area (Å²) in [7, 11) is 0. The van der Waals surface area contributed by atoms with Gasteiger partial charge in [-0.3, -0.25) is 9.89 Å². The number of pyridine rings is 1. The van der Waals surface area contributed by atoms with E-state index in [9.17, 15) is 9.90 Å². The quantitative estimate of drug-likeness (QED) is 0.668. The van der Waals surface area contributed by atoms with E-state index in [1.54, 1.807) is 12.3 Å². The van der Waals surface area contributed by atoms with Gasteiger partial charge in [-0.15, -0.1) is 0 Å². The number of hydrogen-bond donors (Lipinski definition) is 3. The highest BCUT2D eigenvalue weighted by Crippen LogP contribution is 2.23. The van der Waals surface area contributed by atoms with Crippen LogP contribution in [0.4, 0.5) is 0 Å². The number of ether oxygens (including phenoxy) is 1. The number of nitrogens with one attached hydrogen (secondary N) is 2. The highest BCUT2D eigenvalue weighted by molar-refractivity contribution is 5.95. The van der Waals surface area contributed by atoms with E-state index in [1.807, 2.05) is 26.0 Å². The Morgan fingerprint density at radius 2 is 2.21 bits per heavy atom. The van der Waals surface area contributed by atoms with Crippen LogP contribution in [0.3, 0.4) is 0 Å². The molecule has 3 aromatic rings. The Balaban J connectivity index is 1.74. The zero-order valence-corrected chi connectivity index (χ0v) is 13.4. The van der Waals surface area contributed by atoms with E-state index in [4.69, 9.17) is 4.74 Å². The van der Waals surface area contributed by atoms with Crippen molar-refractivity contribution in [1.82, 2.24) is 20.5 Å². The molecule has 3 rings (SSSR count).